The molecule has 0 saturated carbocycles. The fourth-order valence-electron chi connectivity index (χ4n) is 2.29. The van der Waals surface area contributed by atoms with E-state index in [1.54, 1.807) is 11.3 Å². The van der Waals surface area contributed by atoms with E-state index in [2.05, 4.69) is 20.9 Å². The molecule has 1 aliphatic rings. The van der Waals surface area contributed by atoms with Gasteiger partial charge in [-0.15, -0.1) is 22.7 Å². The molecule has 0 spiro atoms. The van der Waals surface area contributed by atoms with E-state index in [1.807, 2.05) is 22.4 Å². The lowest BCUT2D eigenvalue weighted by Crippen LogP contribution is -2.30. The average Bonchev–Trinajstić information content (AvgIpc) is 3.17. The highest BCUT2D eigenvalue weighted by atomic mass is 79.9. The number of aromatic nitrogens is 1. The Morgan fingerprint density at radius 2 is 2.40 bits per heavy atom. The first-order chi connectivity index (χ1) is 9.67. The van der Waals surface area contributed by atoms with Gasteiger partial charge in [-0.3, -0.25) is 4.79 Å². The second-order valence-corrected chi connectivity index (χ2v) is 8.10. The highest BCUT2D eigenvalue weighted by molar-refractivity contribution is 9.11. The molecular weight excluding hydrogens is 358 g/mol. The highest BCUT2D eigenvalue weighted by Gasteiger charge is 2.27. The summed E-state index contributed by atoms with van der Waals surface area (Å²) in [5, 5.41) is 2.75. The second kappa shape index (κ2) is 5.93. The van der Waals surface area contributed by atoms with Crippen LogP contribution in [0.4, 0.5) is 0 Å². The van der Waals surface area contributed by atoms with Crippen LogP contribution in [0.2, 0.25) is 0 Å². The van der Waals surface area contributed by atoms with Crippen molar-refractivity contribution in [1.29, 1.82) is 0 Å². The molecule has 1 unspecified atom stereocenters. The third kappa shape index (κ3) is 2.81. The fourth-order valence-corrected chi connectivity index (χ4v) is 4.54. The van der Waals surface area contributed by atoms with E-state index in [9.17, 15) is 4.79 Å². The molecule has 0 bridgehead atoms. The van der Waals surface area contributed by atoms with E-state index >= 15 is 0 Å². The van der Waals surface area contributed by atoms with Crippen LogP contribution in [0.15, 0.2) is 21.3 Å². The first kappa shape index (κ1) is 14.2. The third-order valence-corrected chi connectivity index (χ3v) is 6.05. The Morgan fingerprint density at radius 3 is 3.05 bits per heavy atom. The lowest BCUT2D eigenvalue weighted by molar-refractivity contribution is 0.0783. The van der Waals surface area contributed by atoms with Crippen molar-refractivity contribution >= 4 is 44.5 Å². The van der Waals surface area contributed by atoms with Gasteiger partial charge in [0, 0.05) is 18.5 Å². The van der Waals surface area contributed by atoms with Gasteiger partial charge in [-0.05, 0) is 46.9 Å². The van der Waals surface area contributed by atoms with Crippen LogP contribution < -0.4 is 5.73 Å². The summed E-state index contributed by atoms with van der Waals surface area (Å²) in [6.07, 6.45) is 0.997. The number of thiophene rings is 1. The van der Waals surface area contributed by atoms with Crippen LogP contribution in [0.1, 0.15) is 16.9 Å². The molecule has 0 aliphatic carbocycles. The molecule has 7 heteroatoms. The van der Waals surface area contributed by atoms with Crippen molar-refractivity contribution in [3.63, 3.8) is 0 Å². The molecular formula is C13H14BrN3OS2. The molecule has 1 atom stereocenters. The van der Waals surface area contributed by atoms with E-state index in [0.717, 1.165) is 33.2 Å². The Morgan fingerprint density at radius 1 is 1.55 bits per heavy atom. The average molecular weight is 372 g/mol. The number of halogens is 1. The molecule has 3 rings (SSSR count). The van der Waals surface area contributed by atoms with E-state index in [4.69, 9.17) is 5.73 Å². The van der Waals surface area contributed by atoms with Crippen molar-refractivity contribution in [3.05, 3.63) is 27.0 Å². The summed E-state index contributed by atoms with van der Waals surface area (Å²) in [7, 11) is 0. The van der Waals surface area contributed by atoms with Crippen molar-refractivity contribution in [3.8, 4) is 9.88 Å². The Bertz CT molecular complexity index is 625. The van der Waals surface area contributed by atoms with E-state index in [-0.39, 0.29) is 5.91 Å². The molecule has 1 amide bonds. The molecule has 2 aromatic rings. The molecule has 1 saturated heterocycles. The van der Waals surface area contributed by atoms with Gasteiger partial charge in [-0.25, -0.2) is 4.98 Å². The standard InChI is InChI=1S/C13H14BrN3OS2/c14-11-2-1-10(20-11)12-16-9(7-19-12)13(18)17-4-3-8(5-15)6-17/h1-2,7-8H,3-6,15H2. The summed E-state index contributed by atoms with van der Waals surface area (Å²) < 4.78 is 1.07. The van der Waals surface area contributed by atoms with Gasteiger partial charge in [-0.1, -0.05) is 0 Å². The highest BCUT2D eigenvalue weighted by Crippen LogP contribution is 2.33. The maximum Gasteiger partial charge on any atom is 0.273 e. The normalized spacial score (nSPS) is 18.7. The molecule has 1 aliphatic heterocycles. The Labute approximate surface area is 133 Å². The topological polar surface area (TPSA) is 59.2 Å². The van der Waals surface area contributed by atoms with Crippen molar-refractivity contribution in [1.82, 2.24) is 9.88 Å². The number of thiazole rings is 1. The van der Waals surface area contributed by atoms with Crippen LogP contribution in [0, 0.1) is 5.92 Å². The summed E-state index contributed by atoms with van der Waals surface area (Å²) in [5.74, 6) is 0.462. The van der Waals surface area contributed by atoms with Crippen LogP contribution in [0.3, 0.4) is 0 Å². The molecule has 106 valence electrons. The van der Waals surface area contributed by atoms with Crippen LogP contribution in [0.5, 0.6) is 0 Å². The molecule has 4 nitrogen and oxygen atoms in total. The second-order valence-electron chi connectivity index (χ2n) is 4.78. The molecule has 2 N–H and O–H groups in total. The molecule has 1 fully saturated rings. The summed E-state index contributed by atoms with van der Waals surface area (Å²) in [6.45, 7) is 2.19. The van der Waals surface area contributed by atoms with Gasteiger partial charge in [0.05, 0.1) is 8.66 Å². The summed E-state index contributed by atoms with van der Waals surface area (Å²) in [6, 6.07) is 4.01. The van der Waals surface area contributed by atoms with Gasteiger partial charge >= 0.3 is 0 Å². The quantitative estimate of drug-likeness (QED) is 0.901. The first-order valence-corrected chi connectivity index (χ1v) is 8.87. The van der Waals surface area contributed by atoms with Crippen molar-refractivity contribution in [2.75, 3.05) is 19.6 Å². The summed E-state index contributed by atoms with van der Waals surface area (Å²) >= 11 is 6.58. The zero-order chi connectivity index (χ0) is 14.1. The van der Waals surface area contributed by atoms with Crippen molar-refractivity contribution in [2.45, 2.75) is 6.42 Å². The Balaban J connectivity index is 1.75. The molecule has 20 heavy (non-hydrogen) atoms. The molecule has 2 aromatic heterocycles. The van der Waals surface area contributed by atoms with E-state index < -0.39 is 0 Å². The van der Waals surface area contributed by atoms with Gasteiger partial charge in [0.1, 0.15) is 10.7 Å². The number of amides is 1. The monoisotopic (exact) mass is 371 g/mol. The minimum Gasteiger partial charge on any atom is -0.337 e. The number of hydrogen-bond donors (Lipinski definition) is 1. The Hall–Kier alpha value is -0.760. The minimum atomic E-state index is 0.0269. The maximum absolute atomic E-state index is 12.4. The van der Waals surface area contributed by atoms with Crippen LogP contribution in [0.25, 0.3) is 9.88 Å². The fraction of sp³-hybridized carbons (Fsp3) is 0.385. The lowest BCUT2D eigenvalue weighted by atomic mass is 10.1. The number of carbonyl (C=O) groups excluding carboxylic acids is 1. The molecule has 3 heterocycles. The van der Waals surface area contributed by atoms with Gasteiger partial charge in [-0.2, -0.15) is 0 Å². The number of hydrogen-bond acceptors (Lipinski definition) is 5. The number of rotatable bonds is 3. The first-order valence-electron chi connectivity index (χ1n) is 6.38. The van der Waals surface area contributed by atoms with Crippen LogP contribution in [-0.2, 0) is 0 Å². The van der Waals surface area contributed by atoms with Gasteiger partial charge in [0.2, 0.25) is 0 Å². The van der Waals surface area contributed by atoms with E-state index in [1.165, 1.54) is 11.3 Å². The Kier molecular flexibility index (Phi) is 4.21. The minimum absolute atomic E-state index is 0.0269. The number of nitrogens with two attached hydrogens (primary N) is 1. The summed E-state index contributed by atoms with van der Waals surface area (Å²) in [4.78, 5) is 19.8. The SMILES string of the molecule is NCC1CCN(C(=O)c2csc(-c3ccc(Br)s3)n2)C1. The maximum atomic E-state index is 12.4. The largest absolute Gasteiger partial charge is 0.337 e. The van der Waals surface area contributed by atoms with Gasteiger partial charge in [0.25, 0.3) is 5.91 Å². The number of carbonyl (C=O) groups is 1. The third-order valence-electron chi connectivity index (χ3n) is 3.41. The van der Waals surface area contributed by atoms with Gasteiger partial charge < -0.3 is 10.6 Å². The smallest absolute Gasteiger partial charge is 0.273 e. The summed E-state index contributed by atoms with van der Waals surface area (Å²) in [5.41, 5.74) is 6.21. The van der Waals surface area contributed by atoms with Gasteiger partial charge in [0.15, 0.2) is 0 Å². The lowest BCUT2D eigenvalue weighted by Gasteiger charge is -2.14. The molecule has 0 aromatic carbocycles. The van der Waals surface area contributed by atoms with Crippen LogP contribution in [-0.4, -0.2) is 35.4 Å². The number of likely N-dealkylation sites (tertiary alicyclic amines) is 1. The molecule has 0 radical (unpaired) electrons. The zero-order valence-corrected chi connectivity index (χ0v) is 13.9. The zero-order valence-electron chi connectivity index (χ0n) is 10.7. The van der Waals surface area contributed by atoms with E-state index in [0.29, 0.717) is 18.2 Å². The van der Waals surface area contributed by atoms with Crippen molar-refractivity contribution < 1.29 is 4.79 Å². The predicted molar refractivity (Wildman–Crippen MR) is 86.2 cm³/mol. The predicted octanol–water partition coefficient (Wildman–Crippen LogP) is 3.05. The van der Waals surface area contributed by atoms with Crippen LogP contribution >= 0.6 is 38.6 Å². The van der Waals surface area contributed by atoms with Crippen molar-refractivity contribution in [2.24, 2.45) is 11.7 Å². The number of nitrogens with zero attached hydrogens (tertiary/aromatic N) is 2.